The smallest absolute Gasteiger partial charge is 0.255 e. The molecule has 0 aliphatic carbocycles. The van der Waals surface area contributed by atoms with E-state index in [9.17, 15) is 4.79 Å². The van der Waals surface area contributed by atoms with Gasteiger partial charge >= 0.3 is 0 Å². The first-order chi connectivity index (χ1) is 11.5. The lowest BCUT2D eigenvalue weighted by atomic mass is 10.1. The van der Waals surface area contributed by atoms with Crippen LogP contribution in [-0.2, 0) is 4.74 Å². The molecule has 1 saturated heterocycles. The Hall–Kier alpha value is -2.40. The van der Waals surface area contributed by atoms with Gasteiger partial charge in [-0.2, -0.15) is 0 Å². The van der Waals surface area contributed by atoms with Crippen molar-refractivity contribution in [2.75, 3.05) is 32.1 Å². The second-order valence-corrected chi connectivity index (χ2v) is 6.36. The predicted octanol–water partition coefficient (Wildman–Crippen LogP) is 2.75. The summed E-state index contributed by atoms with van der Waals surface area (Å²) in [5.74, 6) is 0.841. The number of ether oxygens (including phenoxy) is 1. The monoisotopic (exact) mass is 325 g/mol. The Morgan fingerprint density at radius 2 is 1.92 bits per heavy atom. The summed E-state index contributed by atoms with van der Waals surface area (Å²) >= 11 is 0. The van der Waals surface area contributed by atoms with E-state index in [1.54, 1.807) is 6.20 Å². The van der Waals surface area contributed by atoms with Gasteiger partial charge in [0.2, 0.25) is 0 Å². The highest BCUT2D eigenvalue weighted by Crippen LogP contribution is 2.26. The van der Waals surface area contributed by atoms with Gasteiger partial charge in [0.15, 0.2) is 0 Å². The molecule has 1 aromatic carbocycles. The SMILES string of the molecule is C[C@@H]1CN(C(=O)c2ccc(N(C)C)nc2)C[C@@H](c2ccccc2)O1. The lowest BCUT2D eigenvalue weighted by Crippen LogP contribution is -2.46. The van der Waals surface area contributed by atoms with Crippen LogP contribution in [0.15, 0.2) is 48.7 Å². The van der Waals surface area contributed by atoms with E-state index in [-0.39, 0.29) is 18.1 Å². The molecule has 1 fully saturated rings. The third kappa shape index (κ3) is 3.57. The van der Waals surface area contributed by atoms with Crippen molar-refractivity contribution < 1.29 is 9.53 Å². The quantitative estimate of drug-likeness (QED) is 0.870. The number of anilines is 1. The summed E-state index contributed by atoms with van der Waals surface area (Å²) < 4.78 is 6.02. The van der Waals surface area contributed by atoms with Crippen LogP contribution in [0, 0.1) is 0 Å². The van der Waals surface area contributed by atoms with Gasteiger partial charge in [-0.3, -0.25) is 4.79 Å². The Labute approximate surface area is 142 Å². The van der Waals surface area contributed by atoms with Gasteiger partial charge in [0, 0.05) is 26.8 Å². The molecule has 0 saturated carbocycles. The van der Waals surface area contributed by atoms with E-state index in [1.165, 1.54) is 0 Å². The van der Waals surface area contributed by atoms with Crippen molar-refractivity contribution in [3.05, 3.63) is 59.8 Å². The van der Waals surface area contributed by atoms with E-state index in [0.717, 1.165) is 11.4 Å². The molecule has 24 heavy (non-hydrogen) atoms. The minimum Gasteiger partial charge on any atom is -0.367 e. The van der Waals surface area contributed by atoms with Gasteiger partial charge in [-0.25, -0.2) is 4.98 Å². The van der Waals surface area contributed by atoms with Crippen molar-refractivity contribution in [2.24, 2.45) is 0 Å². The molecule has 0 unspecified atom stereocenters. The highest BCUT2D eigenvalue weighted by atomic mass is 16.5. The van der Waals surface area contributed by atoms with Crippen LogP contribution in [-0.4, -0.2) is 49.1 Å². The highest BCUT2D eigenvalue weighted by molar-refractivity contribution is 5.94. The summed E-state index contributed by atoms with van der Waals surface area (Å²) in [4.78, 5) is 20.9. The van der Waals surface area contributed by atoms with Crippen LogP contribution >= 0.6 is 0 Å². The third-order valence-electron chi connectivity index (χ3n) is 4.17. The van der Waals surface area contributed by atoms with Crippen LogP contribution in [0.1, 0.15) is 28.9 Å². The van der Waals surface area contributed by atoms with E-state index < -0.39 is 0 Å². The largest absolute Gasteiger partial charge is 0.367 e. The third-order valence-corrected chi connectivity index (χ3v) is 4.17. The van der Waals surface area contributed by atoms with E-state index >= 15 is 0 Å². The summed E-state index contributed by atoms with van der Waals surface area (Å²) in [5.41, 5.74) is 1.71. The van der Waals surface area contributed by atoms with Crippen LogP contribution < -0.4 is 4.90 Å². The van der Waals surface area contributed by atoms with Crippen molar-refractivity contribution in [1.82, 2.24) is 9.88 Å². The lowest BCUT2D eigenvalue weighted by Gasteiger charge is -2.37. The maximum Gasteiger partial charge on any atom is 0.255 e. The summed E-state index contributed by atoms with van der Waals surface area (Å²) in [6.45, 7) is 3.16. The maximum atomic E-state index is 12.8. The Bertz CT molecular complexity index is 686. The van der Waals surface area contributed by atoms with Crippen molar-refractivity contribution in [1.29, 1.82) is 0 Å². The number of pyridine rings is 1. The first-order valence-corrected chi connectivity index (χ1v) is 8.17. The van der Waals surface area contributed by atoms with Gasteiger partial charge in [0.05, 0.1) is 18.2 Å². The summed E-state index contributed by atoms with van der Waals surface area (Å²) in [6.07, 6.45) is 1.56. The summed E-state index contributed by atoms with van der Waals surface area (Å²) in [6, 6.07) is 13.8. The van der Waals surface area contributed by atoms with Gasteiger partial charge in [-0.05, 0) is 24.6 Å². The van der Waals surface area contributed by atoms with E-state index in [0.29, 0.717) is 18.7 Å². The molecule has 2 aromatic rings. The van der Waals surface area contributed by atoms with E-state index in [4.69, 9.17) is 4.74 Å². The van der Waals surface area contributed by atoms with Crippen LogP contribution in [0.5, 0.6) is 0 Å². The molecule has 5 nitrogen and oxygen atoms in total. The number of rotatable bonds is 3. The first kappa shape index (κ1) is 16.5. The number of hydrogen-bond donors (Lipinski definition) is 0. The molecule has 1 aliphatic rings. The molecule has 3 rings (SSSR count). The van der Waals surface area contributed by atoms with Gasteiger partial charge < -0.3 is 14.5 Å². The number of benzene rings is 1. The second kappa shape index (κ2) is 7.01. The standard InChI is InChI=1S/C19H23N3O2/c1-14-12-22(13-17(24-14)15-7-5-4-6-8-15)19(23)16-9-10-18(20-11-16)21(2)3/h4-11,14,17H,12-13H2,1-3H3/t14-,17+/m1/s1. The fourth-order valence-corrected chi connectivity index (χ4v) is 2.93. The zero-order chi connectivity index (χ0) is 17.1. The van der Waals surface area contributed by atoms with Gasteiger partial charge in [-0.15, -0.1) is 0 Å². The fraction of sp³-hybridized carbons (Fsp3) is 0.368. The topological polar surface area (TPSA) is 45.7 Å². The zero-order valence-electron chi connectivity index (χ0n) is 14.3. The predicted molar refractivity (Wildman–Crippen MR) is 94.2 cm³/mol. The summed E-state index contributed by atoms with van der Waals surface area (Å²) in [5, 5.41) is 0. The number of carbonyl (C=O) groups is 1. The number of amides is 1. The number of nitrogens with zero attached hydrogens (tertiary/aromatic N) is 3. The minimum absolute atomic E-state index is 0.00177. The van der Waals surface area contributed by atoms with E-state index in [2.05, 4.69) is 4.98 Å². The van der Waals surface area contributed by atoms with Crippen molar-refractivity contribution in [2.45, 2.75) is 19.1 Å². The Morgan fingerprint density at radius 1 is 1.17 bits per heavy atom. The maximum absolute atomic E-state index is 12.8. The number of hydrogen-bond acceptors (Lipinski definition) is 4. The van der Waals surface area contributed by atoms with Crippen LogP contribution in [0.3, 0.4) is 0 Å². The molecular formula is C19H23N3O2. The van der Waals surface area contributed by atoms with Crippen LogP contribution in [0.25, 0.3) is 0 Å². The van der Waals surface area contributed by atoms with E-state index in [1.807, 2.05) is 73.3 Å². The second-order valence-electron chi connectivity index (χ2n) is 6.36. The normalized spacial score (nSPS) is 20.7. The molecule has 1 aromatic heterocycles. The molecule has 5 heteroatoms. The molecule has 1 aliphatic heterocycles. The average molecular weight is 325 g/mol. The van der Waals surface area contributed by atoms with Gasteiger partial charge in [-0.1, -0.05) is 30.3 Å². The molecule has 0 N–H and O–H groups in total. The average Bonchev–Trinajstić information content (AvgIpc) is 2.61. The molecule has 2 atom stereocenters. The number of aromatic nitrogens is 1. The van der Waals surface area contributed by atoms with Crippen molar-refractivity contribution in [3.63, 3.8) is 0 Å². The van der Waals surface area contributed by atoms with Crippen molar-refractivity contribution in [3.8, 4) is 0 Å². The molecule has 2 heterocycles. The van der Waals surface area contributed by atoms with Gasteiger partial charge in [0.25, 0.3) is 5.91 Å². The molecule has 1 amide bonds. The first-order valence-electron chi connectivity index (χ1n) is 8.17. The van der Waals surface area contributed by atoms with Crippen LogP contribution in [0.2, 0.25) is 0 Å². The molecule has 0 bridgehead atoms. The number of morpholine rings is 1. The molecule has 0 spiro atoms. The Balaban J connectivity index is 1.76. The Kier molecular flexibility index (Phi) is 4.81. The minimum atomic E-state index is -0.0899. The highest BCUT2D eigenvalue weighted by Gasteiger charge is 2.29. The Morgan fingerprint density at radius 3 is 2.54 bits per heavy atom. The molecule has 0 radical (unpaired) electrons. The van der Waals surface area contributed by atoms with Crippen molar-refractivity contribution >= 4 is 11.7 Å². The fourth-order valence-electron chi connectivity index (χ4n) is 2.93. The zero-order valence-corrected chi connectivity index (χ0v) is 14.3. The summed E-state index contributed by atoms with van der Waals surface area (Å²) in [7, 11) is 3.86. The molecule has 126 valence electrons. The molecular weight excluding hydrogens is 302 g/mol. The number of carbonyl (C=O) groups excluding carboxylic acids is 1. The van der Waals surface area contributed by atoms with Crippen LogP contribution in [0.4, 0.5) is 5.82 Å². The van der Waals surface area contributed by atoms with Gasteiger partial charge in [0.1, 0.15) is 11.9 Å². The lowest BCUT2D eigenvalue weighted by molar-refractivity contribution is -0.0691.